The zero-order valence-corrected chi connectivity index (χ0v) is 19.4. The van der Waals surface area contributed by atoms with E-state index in [9.17, 15) is 13.6 Å². The van der Waals surface area contributed by atoms with Crippen molar-refractivity contribution in [3.8, 4) is 11.1 Å². The molecule has 1 atom stereocenters. The lowest BCUT2D eigenvalue weighted by atomic mass is 9.91. The first-order valence-electron chi connectivity index (χ1n) is 11.1. The molecule has 0 spiro atoms. The number of nitrogens with zero attached hydrogens (tertiary/aromatic N) is 5. The second-order valence-corrected chi connectivity index (χ2v) is 8.87. The number of aromatic nitrogens is 5. The largest absolute Gasteiger partial charge is 0.369 e. The number of benzene rings is 1. The number of alkyl halides is 2. The second kappa shape index (κ2) is 8.77. The highest BCUT2D eigenvalue weighted by molar-refractivity contribution is 5.85. The summed E-state index contributed by atoms with van der Waals surface area (Å²) in [6, 6.07) is 5.49. The van der Waals surface area contributed by atoms with Gasteiger partial charge in [-0.25, -0.2) is 23.1 Å². The molecule has 4 aromatic rings. The van der Waals surface area contributed by atoms with Crippen LogP contribution in [0.5, 0.6) is 0 Å². The number of rotatable bonds is 8. The normalized spacial score (nSPS) is 15.2. The van der Waals surface area contributed by atoms with E-state index < -0.39 is 29.5 Å². The molecule has 186 valence electrons. The van der Waals surface area contributed by atoms with E-state index in [0.29, 0.717) is 17.1 Å². The van der Waals surface area contributed by atoms with Crippen LogP contribution in [0.3, 0.4) is 0 Å². The third-order valence-electron chi connectivity index (χ3n) is 6.36. The maximum atomic E-state index is 15.2. The molecule has 0 saturated heterocycles. The van der Waals surface area contributed by atoms with Crippen molar-refractivity contribution in [2.75, 3.05) is 5.32 Å². The van der Waals surface area contributed by atoms with E-state index in [1.807, 2.05) is 6.92 Å². The van der Waals surface area contributed by atoms with Crippen molar-refractivity contribution in [3.05, 3.63) is 71.4 Å². The molecule has 12 heteroatoms. The number of hydrogen-bond acceptors (Lipinski definition) is 7. The fourth-order valence-corrected chi connectivity index (χ4v) is 4.15. The van der Waals surface area contributed by atoms with Crippen molar-refractivity contribution < 1.29 is 22.5 Å². The SMILES string of the molecule is Cc1nn(C)cc1Nc1ncc(-c2ccc([C@@H](C(N)=O)c3cc(C4(C(F)F)CC4)on3)c(F)c2)cn1. The number of carbonyl (C=O) groups excluding carboxylic acids is 1. The minimum atomic E-state index is -2.63. The Kier molecular flexibility index (Phi) is 5.73. The van der Waals surface area contributed by atoms with Gasteiger partial charge in [0.05, 0.1) is 16.8 Å². The number of nitrogens with two attached hydrogens (primary N) is 1. The van der Waals surface area contributed by atoms with Gasteiger partial charge in [0.2, 0.25) is 11.9 Å². The summed E-state index contributed by atoms with van der Waals surface area (Å²) in [6.07, 6.45) is 2.74. The molecule has 3 N–H and O–H groups in total. The fraction of sp³-hybridized carbons (Fsp3) is 0.292. The maximum Gasteiger partial charge on any atom is 0.251 e. The van der Waals surface area contributed by atoms with Gasteiger partial charge in [-0.3, -0.25) is 9.48 Å². The first kappa shape index (κ1) is 23.5. The number of primary amides is 1. The predicted molar refractivity (Wildman–Crippen MR) is 123 cm³/mol. The fourth-order valence-electron chi connectivity index (χ4n) is 4.15. The quantitative estimate of drug-likeness (QED) is 0.377. The van der Waals surface area contributed by atoms with Crippen molar-refractivity contribution >= 4 is 17.5 Å². The molecule has 1 aliphatic carbocycles. The second-order valence-electron chi connectivity index (χ2n) is 8.87. The molecule has 3 heterocycles. The van der Waals surface area contributed by atoms with Crippen LogP contribution in [-0.4, -0.2) is 37.2 Å². The zero-order chi connectivity index (χ0) is 25.6. The first-order valence-corrected chi connectivity index (χ1v) is 11.1. The number of halogens is 3. The first-order chi connectivity index (χ1) is 17.2. The molecule has 1 fully saturated rings. The third kappa shape index (κ3) is 4.18. The van der Waals surface area contributed by atoms with Gasteiger partial charge < -0.3 is 15.6 Å². The van der Waals surface area contributed by atoms with Crippen molar-refractivity contribution in [3.63, 3.8) is 0 Å². The minimum absolute atomic E-state index is 0.0134. The lowest BCUT2D eigenvalue weighted by Crippen LogP contribution is -2.23. The Balaban J connectivity index is 1.38. The van der Waals surface area contributed by atoms with Gasteiger partial charge in [0, 0.05) is 42.8 Å². The highest BCUT2D eigenvalue weighted by atomic mass is 19.3. The molecule has 1 aliphatic rings. The Labute approximate surface area is 203 Å². The molecular weight excluding hydrogens is 475 g/mol. The molecular formula is C24H22F3N7O2. The minimum Gasteiger partial charge on any atom is -0.369 e. The monoisotopic (exact) mass is 497 g/mol. The maximum absolute atomic E-state index is 15.2. The molecule has 3 aromatic heterocycles. The summed E-state index contributed by atoms with van der Waals surface area (Å²) in [5.74, 6) is -2.57. The lowest BCUT2D eigenvalue weighted by molar-refractivity contribution is -0.118. The highest BCUT2D eigenvalue weighted by Crippen LogP contribution is 2.53. The molecule has 1 aromatic carbocycles. The number of aryl methyl sites for hydroxylation is 2. The van der Waals surface area contributed by atoms with E-state index in [4.69, 9.17) is 10.3 Å². The van der Waals surface area contributed by atoms with E-state index in [2.05, 4.69) is 25.5 Å². The zero-order valence-electron chi connectivity index (χ0n) is 19.4. The average molecular weight is 497 g/mol. The van der Waals surface area contributed by atoms with E-state index in [-0.39, 0.29) is 29.9 Å². The van der Waals surface area contributed by atoms with E-state index in [1.54, 1.807) is 24.0 Å². The Hall–Kier alpha value is -4.22. The van der Waals surface area contributed by atoms with Gasteiger partial charge in [-0.15, -0.1) is 0 Å². The van der Waals surface area contributed by atoms with Crippen LogP contribution in [0.4, 0.5) is 24.8 Å². The summed E-state index contributed by atoms with van der Waals surface area (Å²) < 4.78 is 48.8. The van der Waals surface area contributed by atoms with Crippen molar-refractivity contribution in [1.29, 1.82) is 0 Å². The Morgan fingerprint density at radius 1 is 1.19 bits per heavy atom. The van der Waals surface area contributed by atoms with Gasteiger partial charge in [0.15, 0.2) is 0 Å². The van der Waals surface area contributed by atoms with Gasteiger partial charge in [-0.05, 0) is 31.4 Å². The van der Waals surface area contributed by atoms with Gasteiger partial charge in [0.25, 0.3) is 6.43 Å². The van der Waals surface area contributed by atoms with Crippen molar-refractivity contribution in [1.82, 2.24) is 24.9 Å². The Morgan fingerprint density at radius 3 is 2.47 bits per heavy atom. The smallest absolute Gasteiger partial charge is 0.251 e. The molecule has 5 rings (SSSR count). The number of anilines is 2. The molecule has 1 amide bonds. The number of hydrogen-bond donors (Lipinski definition) is 2. The van der Waals surface area contributed by atoms with Crippen LogP contribution in [0.2, 0.25) is 0 Å². The molecule has 9 nitrogen and oxygen atoms in total. The van der Waals surface area contributed by atoms with Crippen LogP contribution in [0.25, 0.3) is 11.1 Å². The Morgan fingerprint density at radius 2 is 1.92 bits per heavy atom. The number of carbonyl (C=O) groups is 1. The van der Waals surface area contributed by atoms with Crippen LogP contribution >= 0.6 is 0 Å². The van der Waals surface area contributed by atoms with E-state index in [1.165, 1.54) is 30.6 Å². The third-order valence-corrected chi connectivity index (χ3v) is 6.36. The predicted octanol–water partition coefficient (Wildman–Crippen LogP) is 3.97. The van der Waals surface area contributed by atoms with Crippen LogP contribution in [-0.2, 0) is 17.3 Å². The lowest BCUT2D eigenvalue weighted by Gasteiger charge is -2.13. The number of amides is 1. The standard InChI is InChI=1S/C24H22F3N7O2/c1-12-18(11-34(2)32-12)31-23-29-9-14(10-30-23)13-3-4-15(16(25)7-13)20(21(28)35)17-8-19(36-33-17)24(5-6-24)22(26)27/h3-4,7-11,20,22H,5-6H2,1-2H3,(H2,28,35)(H,29,30,31)/t20-/m1/s1. The highest BCUT2D eigenvalue weighted by Gasteiger charge is 2.56. The van der Waals surface area contributed by atoms with Crippen LogP contribution < -0.4 is 11.1 Å². The van der Waals surface area contributed by atoms with Gasteiger partial charge in [-0.2, -0.15) is 5.10 Å². The van der Waals surface area contributed by atoms with Gasteiger partial charge in [-0.1, -0.05) is 17.3 Å². The van der Waals surface area contributed by atoms with Gasteiger partial charge in [0.1, 0.15) is 23.2 Å². The molecule has 0 aliphatic heterocycles. The van der Waals surface area contributed by atoms with Crippen LogP contribution in [0.15, 0.2) is 47.4 Å². The van der Waals surface area contributed by atoms with Crippen molar-refractivity contribution in [2.24, 2.45) is 12.8 Å². The summed E-state index contributed by atoms with van der Waals surface area (Å²) in [4.78, 5) is 20.8. The molecule has 0 unspecified atom stereocenters. The summed E-state index contributed by atoms with van der Waals surface area (Å²) in [5.41, 5.74) is 6.64. The Bertz CT molecular complexity index is 1430. The number of nitrogens with one attached hydrogen (secondary N) is 1. The van der Waals surface area contributed by atoms with Crippen LogP contribution in [0, 0.1) is 12.7 Å². The summed E-state index contributed by atoms with van der Waals surface area (Å²) in [5, 5.41) is 11.1. The summed E-state index contributed by atoms with van der Waals surface area (Å²) in [6.45, 7) is 1.85. The molecule has 36 heavy (non-hydrogen) atoms. The van der Waals surface area contributed by atoms with E-state index >= 15 is 4.39 Å². The van der Waals surface area contributed by atoms with Gasteiger partial charge >= 0.3 is 0 Å². The summed E-state index contributed by atoms with van der Waals surface area (Å²) in [7, 11) is 1.80. The van der Waals surface area contributed by atoms with Crippen molar-refractivity contribution in [2.45, 2.75) is 37.5 Å². The summed E-state index contributed by atoms with van der Waals surface area (Å²) >= 11 is 0. The van der Waals surface area contributed by atoms with Crippen LogP contribution in [0.1, 0.15) is 41.5 Å². The van der Waals surface area contributed by atoms with E-state index in [0.717, 1.165) is 11.4 Å². The topological polar surface area (TPSA) is 125 Å². The average Bonchev–Trinajstić information content (AvgIpc) is 3.41. The molecule has 0 bridgehead atoms. The molecule has 0 radical (unpaired) electrons. The molecule has 1 saturated carbocycles.